The highest BCUT2D eigenvalue weighted by Gasteiger charge is 2.20. The summed E-state index contributed by atoms with van der Waals surface area (Å²) >= 11 is 11.9. The van der Waals surface area contributed by atoms with Crippen molar-refractivity contribution in [3.63, 3.8) is 0 Å². The summed E-state index contributed by atoms with van der Waals surface area (Å²) in [5, 5.41) is 7.62. The van der Waals surface area contributed by atoms with E-state index in [1.165, 1.54) is 11.3 Å². The van der Waals surface area contributed by atoms with E-state index >= 15 is 0 Å². The van der Waals surface area contributed by atoms with Crippen molar-refractivity contribution in [1.29, 1.82) is 0 Å². The maximum Gasteiger partial charge on any atom is 0.270 e. The highest BCUT2D eigenvalue weighted by Crippen LogP contribution is 2.27. The lowest BCUT2D eigenvalue weighted by Crippen LogP contribution is -2.27. The lowest BCUT2D eigenvalue weighted by Gasteiger charge is -2.05. The van der Waals surface area contributed by atoms with Gasteiger partial charge in [0.15, 0.2) is 4.96 Å². The Morgan fingerprint density at radius 1 is 1.43 bits per heavy atom. The van der Waals surface area contributed by atoms with E-state index < -0.39 is 0 Å². The zero-order valence-electron chi connectivity index (χ0n) is 11.8. The monoisotopic (exact) mass is 362 g/mol. The van der Waals surface area contributed by atoms with E-state index in [9.17, 15) is 4.79 Å². The van der Waals surface area contributed by atoms with Crippen molar-refractivity contribution in [2.45, 2.75) is 0 Å². The van der Waals surface area contributed by atoms with E-state index in [0.29, 0.717) is 29.5 Å². The molecule has 0 aliphatic heterocycles. The first-order valence-corrected chi connectivity index (χ1v) is 8.40. The van der Waals surface area contributed by atoms with Gasteiger partial charge in [0.2, 0.25) is 0 Å². The third kappa shape index (κ3) is 3.33. The molecule has 0 atom stereocenters. The second kappa shape index (κ2) is 7.02. The van der Waals surface area contributed by atoms with Crippen molar-refractivity contribution in [1.82, 2.24) is 14.7 Å². The minimum atomic E-state index is -0.208. The predicted molar refractivity (Wildman–Crippen MR) is 95.7 cm³/mol. The molecule has 2 heterocycles. The Hall–Kier alpha value is -2.05. The number of nitrogens with zero attached hydrogens (tertiary/aromatic N) is 3. The van der Waals surface area contributed by atoms with Crippen molar-refractivity contribution in [3.8, 4) is 11.3 Å². The second-order valence-electron chi connectivity index (χ2n) is 4.60. The van der Waals surface area contributed by atoms with Gasteiger partial charge in [-0.05, 0) is 24.4 Å². The van der Waals surface area contributed by atoms with E-state index in [0.717, 1.165) is 10.5 Å². The summed E-state index contributed by atoms with van der Waals surface area (Å²) in [4.78, 5) is 21.7. The maximum absolute atomic E-state index is 12.6. The molecule has 1 aromatic carbocycles. The average molecular weight is 363 g/mol. The number of hydrogen-bond donors (Lipinski definition) is 1. The van der Waals surface area contributed by atoms with Crippen molar-refractivity contribution < 1.29 is 4.79 Å². The zero-order valence-corrected chi connectivity index (χ0v) is 14.2. The smallest absolute Gasteiger partial charge is 0.270 e. The molecule has 116 valence electrons. The summed E-state index contributed by atoms with van der Waals surface area (Å²) in [5.41, 5.74) is 1.96. The van der Waals surface area contributed by atoms with E-state index in [1.54, 1.807) is 16.5 Å². The summed E-state index contributed by atoms with van der Waals surface area (Å²) in [5.74, 6) is -0.208. The molecule has 0 aliphatic rings. The van der Waals surface area contributed by atoms with Crippen LogP contribution in [0.15, 0.2) is 40.8 Å². The molecule has 1 N–H and O–H groups in total. The molecular weight excluding hydrogens is 352 g/mol. The standard InChI is InChI=1S/C15H11ClN4OS2/c16-11-3-1-10(2-4-11)12-13(14(21)18-6-5-17-9-22)20-7-8-23-15(20)19-12/h1-4,7-8H,5-6H2,(H,18,21). The van der Waals surface area contributed by atoms with Crippen LogP contribution in [0.5, 0.6) is 0 Å². The Kier molecular flexibility index (Phi) is 4.83. The average Bonchev–Trinajstić information content (AvgIpc) is 3.12. The number of halogens is 1. The molecule has 23 heavy (non-hydrogen) atoms. The highest BCUT2D eigenvalue weighted by atomic mass is 35.5. The largest absolute Gasteiger partial charge is 0.349 e. The van der Waals surface area contributed by atoms with Gasteiger partial charge in [0.25, 0.3) is 5.91 Å². The SMILES string of the molecule is O=C(NCCN=C=S)c1c(-c2ccc(Cl)cc2)nc2sccn12. The third-order valence-electron chi connectivity index (χ3n) is 3.17. The number of rotatable bonds is 5. The molecule has 0 radical (unpaired) electrons. The molecule has 0 saturated heterocycles. The number of benzene rings is 1. The van der Waals surface area contributed by atoms with Crippen LogP contribution in [-0.4, -0.2) is 33.5 Å². The fourth-order valence-electron chi connectivity index (χ4n) is 2.17. The first-order chi connectivity index (χ1) is 11.2. The molecule has 5 nitrogen and oxygen atoms in total. The Morgan fingerprint density at radius 2 is 2.22 bits per heavy atom. The van der Waals surface area contributed by atoms with Crippen LogP contribution in [0.2, 0.25) is 5.02 Å². The summed E-state index contributed by atoms with van der Waals surface area (Å²) in [6.45, 7) is 0.789. The van der Waals surface area contributed by atoms with Gasteiger partial charge in [0.05, 0.1) is 11.7 Å². The van der Waals surface area contributed by atoms with Crippen molar-refractivity contribution >= 4 is 51.2 Å². The van der Waals surface area contributed by atoms with Crippen LogP contribution in [0.1, 0.15) is 10.5 Å². The molecule has 1 amide bonds. The van der Waals surface area contributed by atoms with Crippen molar-refractivity contribution in [2.75, 3.05) is 13.1 Å². The predicted octanol–water partition coefficient (Wildman–Crippen LogP) is 3.55. The number of carbonyl (C=O) groups excluding carboxylic acids is 1. The minimum Gasteiger partial charge on any atom is -0.349 e. The number of thiocarbonyl (C=S) groups is 1. The fraction of sp³-hybridized carbons (Fsp3) is 0.133. The van der Waals surface area contributed by atoms with Crippen molar-refractivity contribution in [3.05, 3.63) is 46.6 Å². The van der Waals surface area contributed by atoms with E-state index in [2.05, 4.69) is 32.7 Å². The quantitative estimate of drug-likeness (QED) is 0.429. The van der Waals surface area contributed by atoms with Crippen LogP contribution in [0, 0.1) is 0 Å². The third-order valence-corrected chi connectivity index (χ3v) is 4.31. The lowest BCUT2D eigenvalue weighted by atomic mass is 10.1. The number of aromatic nitrogens is 2. The van der Waals surface area contributed by atoms with E-state index in [-0.39, 0.29) is 5.91 Å². The van der Waals surface area contributed by atoms with Gasteiger partial charge in [0, 0.05) is 28.7 Å². The van der Waals surface area contributed by atoms with Gasteiger partial charge < -0.3 is 5.32 Å². The van der Waals surface area contributed by atoms with Crippen molar-refractivity contribution in [2.24, 2.45) is 4.99 Å². The Morgan fingerprint density at radius 3 is 2.96 bits per heavy atom. The number of hydrogen-bond acceptors (Lipinski definition) is 5. The van der Waals surface area contributed by atoms with Crippen LogP contribution in [0.25, 0.3) is 16.2 Å². The highest BCUT2D eigenvalue weighted by molar-refractivity contribution is 7.78. The number of amides is 1. The van der Waals surface area contributed by atoms with Crippen LogP contribution in [0.4, 0.5) is 0 Å². The summed E-state index contributed by atoms with van der Waals surface area (Å²) in [7, 11) is 0. The topological polar surface area (TPSA) is 58.8 Å². The number of thiazole rings is 1. The van der Waals surface area contributed by atoms with Gasteiger partial charge in [-0.1, -0.05) is 23.7 Å². The Balaban J connectivity index is 1.98. The molecule has 3 rings (SSSR count). The molecule has 0 saturated carbocycles. The van der Waals surface area contributed by atoms with Gasteiger partial charge >= 0.3 is 0 Å². The lowest BCUT2D eigenvalue weighted by molar-refractivity contribution is 0.0950. The first-order valence-electron chi connectivity index (χ1n) is 6.74. The summed E-state index contributed by atoms with van der Waals surface area (Å²) < 4.78 is 1.78. The summed E-state index contributed by atoms with van der Waals surface area (Å²) in [6.07, 6.45) is 1.83. The number of nitrogens with one attached hydrogen (secondary N) is 1. The van der Waals surface area contributed by atoms with Gasteiger partial charge in [-0.3, -0.25) is 9.20 Å². The van der Waals surface area contributed by atoms with Crippen LogP contribution < -0.4 is 5.32 Å². The molecule has 0 spiro atoms. The van der Waals surface area contributed by atoms with Crippen LogP contribution in [0.3, 0.4) is 0 Å². The van der Waals surface area contributed by atoms with Gasteiger partial charge in [0.1, 0.15) is 11.4 Å². The molecule has 0 bridgehead atoms. The van der Waals surface area contributed by atoms with Gasteiger partial charge in [-0.15, -0.1) is 11.3 Å². The van der Waals surface area contributed by atoms with Crippen LogP contribution in [-0.2, 0) is 0 Å². The van der Waals surface area contributed by atoms with E-state index in [4.69, 9.17) is 11.6 Å². The van der Waals surface area contributed by atoms with Crippen LogP contribution >= 0.6 is 35.2 Å². The normalized spacial score (nSPS) is 10.5. The Bertz CT molecular complexity index is 894. The number of carbonyl (C=O) groups is 1. The molecule has 3 aromatic rings. The van der Waals surface area contributed by atoms with Gasteiger partial charge in [-0.2, -0.15) is 0 Å². The number of imidazole rings is 1. The molecular formula is C15H11ClN4OS2. The summed E-state index contributed by atoms with van der Waals surface area (Å²) in [6, 6.07) is 7.25. The van der Waals surface area contributed by atoms with E-state index in [1.807, 2.05) is 23.7 Å². The molecule has 2 aromatic heterocycles. The molecule has 0 unspecified atom stereocenters. The minimum absolute atomic E-state index is 0.208. The molecule has 0 aliphatic carbocycles. The maximum atomic E-state index is 12.6. The second-order valence-corrected chi connectivity index (χ2v) is 6.09. The number of aliphatic imine (C=N–C) groups is 1. The first kappa shape index (κ1) is 15.8. The number of isothiocyanates is 1. The fourth-order valence-corrected chi connectivity index (χ4v) is 3.10. The number of fused-ring (bicyclic) bond motifs is 1. The van der Waals surface area contributed by atoms with Gasteiger partial charge in [-0.25, -0.2) is 9.98 Å². The molecule has 8 heteroatoms. The molecule has 0 fully saturated rings. The Labute approximate surface area is 146 Å². The zero-order chi connectivity index (χ0) is 16.2.